The molecular formula is C15H17N3. The van der Waals surface area contributed by atoms with Crippen LogP contribution in [-0.4, -0.2) is 17.0 Å². The summed E-state index contributed by atoms with van der Waals surface area (Å²) in [5.74, 6) is 2.42. The number of nitrogens with one attached hydrogen (secondary N) is 1. The summed E-state index contributed by atoms with van der Waals surface area (Å²) in [5.41, 5.74) is 3.57. The number of benzene rings is 1. The molecule has 1 saturated carbocycles. The first-order chi connectivity index (χ1) is 8.78. The first-order valence-corrected chi connectivity index (χ1v) is 6.40. The van der Waals surface area contributed by atoms with Gasteiger partial charge in [0.2, 0.25) is 0 Å². The van der Waals surface area contributed by atoms with Crippen molar-refractivity contribution in [3.63, 3.8) is 0 Å². The fraction of sp³-hybridized carbons (Fsp3) is 0.333. The Hall–Kier alpha value is -1.90. The zero-order valence-corrected chi connectivity index (χ0v) is 10.8. The zero-order chi connectivity index (χ0) is 12.5. The molecule has 1 aromatic carbocycles. The van der Waals surface area contributed by atoms with E-state index in [1.807, 2.05) is 20.0 Å². The molecule has 0 aliphatic heterocycles. The van der Waals surface area contributed by atoms with E-state index in [4.69, 9.17) is 0 Å². The van der Waals surface area contributed by atoms with Crippen LogP contribution in [0.25, 0.3) is 11.4 Å². The van der Waals surface area contributed by atoms with Crippen molar-refractivity contribution < 1.29 is 0 Å². The van der Waals surface area contributed by atoms with Crippen LogP contribution < -0.4 is 5.32 Å². The number of hydrogen-bond donors (Lipinski definition) is 1. The van der Waals surface area contributed by atoms with Gasteiger partial charge < -0.3 is 5.32 Å². The van der Waals surface area contributed by atoms with E-state index in [0.717, 1.165) is 17.3 Å². The molecule has 2 aromatic rings. The Balaban J connectivity index is 2.11. The molecule has 3 rings (SSSR count). The van der Waals surface area contributed by atoms with E-state index in [0.29, 0.717) is 5.92 Å². The lowest BCUT2D eigenvalue weighted by Crippen LogP contribution is -2.00. The Labute approximate surface area is 107 Å². The van der Waals surface area contributed by atoms with Gasteiger partial charge in [0.05, 0.1) is 0 Å². The van der Waals surface area contributed by atoms with Crippen molar-refractivity contribution in [2.24, 2.45) is 0 Å². The minimum Gasteiger partial charge on any atom is -0.373 e. The predicted octanol–water partition coefficient (Wildman–Crippen LogP) is 3.37. The first kappa shape index (κ1) is 11.2. The summed E-state index contributed by atoms with van der Waals surface area (Å²) < 4.78 is 0. The fourth-order valence-corrected chi connectivity index (χ4v) is 2.27. The summed E-state index contributed by atoms with van der Waals surface area (Å²) >= 11 is 0. The molecule has 0 radical (unpaired) electrons. The Morgan fingerprint density at radius 2 is 1.94 bits per heavy atom. The number of rotatable bonds is 3. The molecule has 18 heavy (non-hydrogen) atoms. The van der Waals surface area contributed by atoms with E-state index in [2.05, 4.69) is 39.6 Å². The Kier molecular flexibility index (Phi) is 2.74. The second-order valence-corrected chi connectivity index (χ2v) is 4.83. The van der Waals surface area contributed by atoms with Crippen molar-refractivity contribution in [3.05, 3.63) is 41.6 Å². The average molecular weight is 239 g/mol. The summed E-state index contributed by atoms with van der Waals surface area (Å²) in [5, 5.41) is 3.09. The summed E-state index contributed by atoms with van der Waals surface area (Å²) in [4.78, 5) is 9.14. The van der Waals surface area contributed by atoms with Gasteiger partial charge in [-0.05, 0) is 31.2 Å². The second kappa shape index (κ2) is 4.41. The van der Waals surface area contributed by atoms with Gasteiger partial charge in [-0.3, -0.25) is 0 Å². The maximum absolute atomic E-state index is 4.57. The first-order valence-electron chi connectivity index (χ1n) is 6.40. The maximum Gasteiger partial charge on any atom is 0.162 e. The zero-order valence-electron chi connectivity index (χ0n) is 10.8. The van der Waals surface area contributed by atoms with Crippen LogP contribution in [0.1, 0.15) is 30.0 Å². The fourth-order valence-electron chi connectivity index (χ4n) is 2.27. The molecular weight excluding hydrogens is 222 g/mol. The number of aromatic nitrogens is 2. The smallest absolute Gasteiger partial charge is 0.162 e. The molecule has 1 fully saturated rings. The van der Waals surface area contributed by atoms with Crippen molar-refractivity contribution in [3.8, 4) is 11.4 Å². The molecule has 0 atom stereocenters. The van der Waals surface area contributed by atoms with Gasteiger partial charge in [0.25, 0.3) is 0 Å². The van der Waals surface area contributed by atoms with E-state index in [1.54, 1.807) is 0 Å². The molecule has 0 spiro atoms. The molecule has 1 aliphatic carbocycles. The Morgan fingerprint density at radius 1 is 1.17 bits per heavy atom. The van der Waals surface area contributed by atoms with E-state index in [9.17, 15) is 0 Å². The highest BCUT2D eigenvalue weighted by molar-refractivity contribution is 5.63. The monoisotopic (exact) mass is 239 g/mol. The normalized spacial score (nSPS) is 14.6. The molecule has 3 heteroatoms. The standard InChI is InChI=1S/C15H17N3/c1-10-9-14(16-2)18-15(17-10)13-6-4-3-5-12(13)11-7-8-11/h3-6,9,11H,7-8H2,1-2H3,(H,16,17,18). The highest BCUT2D eigenvalue weighted by Crippen LogP contribution is 2.43. The van der Waals surface area contributed by atoms with Gasteiger partial charge >= 0.3 is 0 Å². The van der Waals surface area contributed by atoms with Crippen molar-refractivity contribution in [2.45, 2.75) is 25.7 Å². The molecule has 1 N–H and O–H groups in total. The number of aryl methyl sites for hydroxylation is 1. The molecule has 1 heterocycles. The number of nitrogens with zero attached hydrogens (tertiary/aromatic N) is 2. The molecule has 92 valence electrons. The van der Waals surface area contributed by atoms with E-state index in [-0.39, 0.29) is 0 Å². The topological polar surface area (TPSA) is 37.8 Å². The van der Waals surface area contributed by atoms with Gasteiger partial charge in [-0.2, -0.15) is 0 Å². The van der Waals surface area contributed by atoms with Gasteiger partial charge in [0, 0.05) is 24.4 Å². The second-order valence-electron chi connectivity index (χ2n) is 4.83. The van der Waals surface area contributed by atoms with Crippen LogP contribution >= 0.6 is 0 Å². The summed E-state index contributed by atoms with van der Waals surface area (Å²) in [6.07, 6.45) is 2.59. The molecule has 3 nitrogen and oxygen atoms in total. The molecule has 0 bridgehead atoms. The van der Waals surface area contributed by atoms with E-state index in [1.165, 1.54) is 24.0 Å². The molecule has 1 aromatic heterocycles. The van der Waals surface area contributed by atoms with Gasteiger partial charge in [-0.15, -0.1) is 0 Å². The quantitative estimate of drug-likeness (QED) is 0.892. The molecule has 1 aliphatic rings. The Morgan fingerprint density at radius 3 is 2.67 bits per heavy atom. The third-order valence-electron chi connectivity index (χ3n) is 3.33. The highest BCUT2D eigenvalue weighted by Gasteiger charge is 2.26. The van der Waals surface area contributed by atoms with Crippen molar-refractivity contribution in [1.82, 2.24) is 9.97 Å². The summed E-state index contributed by atoms with van der Waals surface area (Å²) in [6.45, 7) is 2.01. The van der Waals surface area contributed by atoms with Gasteiger partial charge in [-0.1, -0.05) is 24.3 Å². The van der Waals surface area contributed by atoms with Gasteiger partial charge in [0.15, 0.2) is 5.82 Å². The van der Waals surface area contributed by atoms with Crippen LogP contribution in [0.4, 0.5) is 5.82 Å². The van der Waals surface area contributed by atoms with Crippen molar-refractivity contribution >= 4 is 5.82 Å². The third-order valence-corrected chi connectivity index (χ3v) is 3.33. The lowest BCUT2D eigenvalue weighted by molar-refractivity contribution is 1.07. The highest BCUT2D eigenvalue weighted by atomic mass is 15.0. The van der Waals surface area contributed by atoms with Crippen LogP contribution in [0.3, 0.4) is 0 Å². The lowest BCUT2D eigenvalue weighted by atomic mass is 10.0. The van der Waals surface area contributed by atoms with E-state index >= 15 is 0 Å². The van der Waals surface area contributed by atoms with Crippen LogP contribution in [0.15, 0.2) is 30.3 Å². The number of hydrogen-bond acceptors (Lipinski definition) is 3. The third kappa shape index (κ3) is 2.08. The summed E-state index contributed by atoms with van der Waals surface area (Å²) in [7, 11) is 1.89. The van der Waals surface area contributed by atoms with Gasteiger partial charge in [0.1, 0.15) is 5.82 Å². The molecule has 0 amide bonds. The van der Waals surface area contributed by atoms with Crippen molar-refractivity contribution in [1.29, 1.82) is 0 Å². The minimum absolute atomic E-state index is 0.711. The largest absolute Gasteiger partial charge is 0.373 e. The number of anilines is 1. The molecule has 0 saturated heterocycles. The Bertz CT molecular complexity index is 574. The lowest BCUT2D eigenvalue weighted by Gasteiger charge is -2.09. The van der Waals surface area contributed by atoms with Crippen molar-refractivity contribution in [2.75, 3.05) is 12.4 Å². The summed E-state index contributed by atoms with van der Waals surface area (Å²) in [6, 6.07) is 10.5. The van der Waals surface area contributed by atoms with Crippen LogP contribution in [-0.2, 0) is 0 Å². The predicted molar refractivity (Wildman–Crippen MR) is 73.7 cm³/mol. The minimum atomic E-state index is 0.711. The van der Waals surface area contributed by atoms with E-state index < -0.39 is 0 Å². The SMILES string of the molecule is CNc1cc(C)nc(-c2ccccc2C2CC2)n1. The van der Waals surface area contributed by atoms with Gasteiger partial charge in [-0.25, -0.2) is 9.97 Å². The maximum atomic E-state index is 4.57. The average Bonchev–Trinajstić information content (AvgIpc) is 3.22. The van der Waals surface area contributed by atoms with Crippen LogP contribution in [0.5, 0.6) is 0 Å². The molecule has 0 unspecified atom stereocenters. The van der Waals surface area contributed by atoms with Crippen LogP contribution in [0, 0.1) is 6.92 Å². The van der Waals surface area contributed by atoms with Crippen LogP contribution in [0.2, 0.25) is 0 Å².